The summed E-state index contributed by atoms with van der Waals surface area (Å²) in [6.45, 7) is 0. The zero-order valence-electron chi connectivity index (χ0n) is 9.36. The van der Waals surface area contributed by atoms with Gasteiger partial charge >= 0.3 is 0 Å². The predicted molar refractivity (Wildman–Crippen MR) is 74.0 cm³/mol. The van der Waals surface area contributed by atoms with Gasteiger partial charge in [0.25, 0.3) is 0 Å². The van der Waals surface area contributed by atoms with Crippen LogP contribution in [0.2, 0.25) is 0 Å². The van der Waals surface area contributed by atoms with Gasteiger partial charge in [0.1, 0.15) is 11.6 Å². The van der Waals surface area contributed by atoms with Crippen molar-refractivity contribution < 1.29 is 17.8 Å². The summed E-state index contributed by atoms with van der Waals surface area (Å²) in [6.07, 6.45) is 0. The van der Waals surface area contributed by atoms with Gasteiger partial charge < -0.3 is 0 Å². The van der Waals surface area contributed by atoms with Crippen LogP contribution in [0.5, 0.6) is 0 Å². The summed E-state index contributed by atoms with van der Waals surface area (Å²) < 4.78 is 39.0. The Morgan fingerprint density at radius 3 is 2.63 bits per heavy atom. The fourth-order valence-electron chi connectivity index (χ4n) is 1.38. The van der Waals surface area contributed by atoms with Crippen molar-refractivity contribution in [1.82, 2.24) is 0 Å². The minimum atomic E-state index is -1.90. The number of benzene rings is 1. The van der Waals surface area contributed by atoms with Gasteiger partial charge in [0, 0.05) is 0 Å². The van der Waals surface area contributed by atoms with Gasteiger partial charge in [0.05, 0.1) is 30.1 Å². The van der Waals surface area contributed by atoms with Crippen LogP contribution in [0.25, 0.3) is 0 Å². The molecule has 0 aliphatic carbocycles. The number of thiophene rings is 1. The summed E-state index contributed by atoms with van der Waals surface area (Å²) in [5.41, 5.74) is 0. The van der Waals surface area contributed by atoms with E-state index in [1.165, 1.54) is 11.3 Å². The maximum Gasteiger partial charge on any atom is 0.185 e. The SMILES string of the molecule is O=C(CS(=O)c1cc(F)ccc1F)c1ccc(Br)s1. The van der Waals surface area contributed by atoms with E-state index in [-0.39, 0.29) is 16.4 Å². The Balaban J connectivity index is 2.17. The van der Waals surface area contributed by atoms with E-state index in [0.717, 1.165) is 22.0 Å². The second-order valence-corrected chi connectivity index (χ2v) is 7.47. The minimum Gasteiger partial charge on any atom is -0.292 e. The number of Topliss-reactive ketones (excluding diaryl/α,β-unsaturated/α-hetero) is 1. The molecular formula is C12H7BrF2O2S2. The molecule has 0 aliphatic heterocycles. The van der Waals surface area contributed by atoms with Crippen molar-refractivity contribution in [3.63, 3.8) is 0 Å². The lowest BCUT2D eigenvalue weighted by molar-refractivity contribution is 0.102. The van der Waals surface area contributed by atoms with E-state index in [0.29, 0.717) is 4.88 Å². The molecule has 19 heavy (non-hydrogen) atoms. The molecule has 2 aromatic rings. The molecule has 0 bridgehead atoms. The summed E-state index contributed by atoms with van der Waals surface area (Å²) in [6, 6.07) is 5.98. The third-order valence-electron chi connectivity index (χ3n) is 2.25. The third kappa shape index (κ3) is 3.55. The molecule has 0 N–H and O–H groups in total. The van der Waals surface area contributed by atoms with Crippen molar-refractivity contribution in [2.75, 3.05) is 5.75 Å². The normalized spacial score (nSPS) is 12.4. The van der Waals surface area contributed by atoms with Gasteiger partial charge in [-0.2, -0.15) is 0 Å². The number of hydrogen-bond acceptors (Lipinski definition) is 3. The number of rotatable bonds is 4. The second kappa shape index (κ2) is 6.02. The topological polar surface area (TPSA) is 34.1 Å². The first-order valence-electron chi connectivity index (χ1n) is 5.09. The Morgan fingerprint density at radius 1 is 1.26 bits per heavy atom. The van der Waals surface area contributed by atoms with Crippen molar-refractivity contribution in [2.24, 2.45) is 0 Å². The van der Waals surface area contributed by atoms with E-state index in [4.69, 9.17) is 0 Å². The van der Waals surface area contributed by atoms with Crippen LogP contribution in [0.4, 0.5) is 8.78 Å². The molecule has 2 rings (SSSR count). The highest BCUT2D eigenvalue weighted by Gasteiger charge is 2.17. The lowest BCUT2D eigenvalue weighted by atomic mass is 10.3. The molecule has 0 saturated heterocycles. The monoisotopic (exact) mass is 364 g/mol. The Hall–Kier alpha value is -0.920. The highest BCUT2D eigenvalue weighted by Crippen LogP contribution is 2.23. The quantitative estimate of drug-likeness (QED) is 0.773. The fraction of sp³-hybridized carbons (Fsp3) is 0.0833. The predicted octanol–water partition coefficient (Wildman–Crippen LogP) is 3.78. The van der Waals surface area contributed by atoms with Crippen LogP contribution in [-0.4, -0.2) is 15.7 Å². The molecule has 0 spiro atoms. The standard InChI is InChI=1S/C12H7BrF2O2S2/c13-12-4-3-10(18-12)9(16)6-19(17)11-5-7(14)1-2-8(11)15/h1-5H,6H2. The van der Waals surface area contributed by atoms with E-state index < -0.39 is 22.4 Å². The van der Waals surface area contributed by atoms with Gasteiger partial charge in [-0.1, -0.05) is 0 Å². The molecule has 100 valence electrons. The molecule has 7 heteroatoms. The average Bonchev–Trinajstić information content (AvgIpc) is 2.79. The molecular weight excluding hydrogens is 358 g/mol. The third-order valence-corrected chi connectivity index (χ3v) is 5.24. The van der Waals surface area contributed by atoms with Gasteiger partial charge in [-0.15, -0.1) is 11.3 Å². The Morgan fingerprint density at radius 2 is 2.00 bits per heavy atom. The van der Waals surface area contributed by atoms with E-state index in [1.807, 2.05) is 0 Å². The molecule has 1 aromatic heterocycles. The van der Waals surface area contributed by atoms with E-state index in [1.54, 1.807) is 12.1 Å². The number of halogens is 3. The molecule has 0 saturated carbocycles. The first-order valence-corrected chi connectivity index (χ1v) is 8.02. The maximum absolute atomic E-state index is 13.4. The molecule has 1 heterocycles. The summed E-state index contributed by atoms with van der Waals surface area (Å²) >= 11 is 4.42. The Labute approximate surface area is 123 Å². The largest absolute Gasteiger partial charge is 0.292 e. The molecule has 0 aliphatic rings. The average molecular weight is 365 g/mol. The second-order valence-electron chi connectivity index (χ2n) is 3.59. The van der Waals surface area contributed by atoms with Crippen molar-refractivity contribution >= 4 is 43.8 Å². The van der Waals surface area contributed by atoms with Crippen molar-refractivity contribution in [1.29, 1.82) is 0 Å². The first kappa shape index (κ1) is 14.5. The van der Waals surface area contributed by atoms with Gasteiger partial charge in [-0.3, -0.25) is 9.00 Å². The number of ketones is 1. The Bertz CT molecular complexity index is 655. The fourth-order valence-corrected chi connectivity index (χ4v) is 3.88. The maximum atomic E-state index is 13.4. The van der Waals surface area contributed by atoms with Gasteiger partial charge in [0.2, 0.25) is 0 Å². The molecule has 1 aromatic carbocycles. The van der Waals surface area contributed by atoms with E-state index >= 15 is 0 Å². The van der Waals surface area contributed by atoms with Crippen LogP contribution in [-0.2, 0) is 10.8 Å². The van der Waals surface area contributed by atoms with Crippen LogP contribution < -0.4 is 0 Å². The van der Waals surface area contributed by atoms with E-state index in [2.05, 4.69) is 15.9 Å². The summed E-state index contributed by atoms with van der Waals surface area (Å²) in [5, 5.41) is 0. The van der Waals surface area contributed by atoms with Crippen LogP contribution in [0, 0.1) is 11.6 Å². The highest BCUT2D eigenvalue weighted by molar-refractivity contribution is 9.11. The Kier molecular flexibility index (Phi) is 4.59. The molecule has 0 radical (unpaired) electrons. The molecule has 2 nitrogen and oxygen atoms in total. The summed E-state index contributed by atoms with van der Waals surface area (Å²) in [7, 11) is -1.90. The first-order chi connectivity index (χ1) is 8.97. The molecule has 1 atom stereocenters. The molecule has 0 fully saturated rings. The molecule has 1 unspecified atom stereocenters. The zero-order valence-corrected chi connectivity index (χ0v) is 12.6. The van der Waals surface area contributed by atoms with Crippen LogP contribution in [0.15, 0.2) is 39.0 Å². The summed E-state index contributed by atoms with van der Waals surface area (Å²) in [4.78, 5) is 12.0. The number of carbonyl (C=O) groups excluding carboxylic acids is 1. The van der Waals surface area contributed by atoms with Gasteiger partial charge in [-0.05, 0) is 46.3 Å². The van der Waals surface area contributed by atoms with Crippen LogP contribution >= 0.6 is 27.3 Å². The smallest absolute Gasteiger partial charge is 0.185 e. The zero-order chi connectivity index (χ0) is 14.0. The van der Waals surface area contributed by atoms with Crippen molar-refractivity contribution in [3.8, 4) is 0 Å². The van der Waals surface area contributed by atoms with Gasteiger partial charge in [0.15, 0.2) is 5.78 Å². The lowest BCUT2D eigenvalue weighted by Crippen LogP contribution is -2.11. The highest BCUT2D eigenvalue weighted by atomic mass is 79.9. The minimum absolute atomic E-state index is 0.288. The van der Waals surface area contributed by atoms with Crippen LogP contribution in [0.3, 0.4) is 0 Å². The van der Waals surface area contributed by atoms with Crippen LogP contribution in [0.1, 0.15) is 9.67 Å². The van der Waals surface area contributed by atoms with E-state index in [9.17, 15) is 17.8 Å². The van der Waals surface area contributed by atoms with Gasteiger partial charge in [-0.25, -0.2) is 8.78 Å². The lowest BCUT2D eigenvalue weighted by Gasteiger charge is -2.02. The van der Waals surface area contributed by atoms with Crippen molar-refractivity contribution in [2.45, 2.75) is 4.90 Å². The number of hydrogen-bond donors (Lipinski definition) is 0. The number of carbonyl (C=O) groups is 1. The van der Waals surface area contributed by atoms with Crippen molar-refractivity contribution in [3.05, 3.63) is 50.6 Å². The summed E-state index contributed by atoms with van der Waals surface area (Å²) in [5.74, 6) is -2.19. The molecule has 0 amide bonds.